The number of hydrogen-bond acceptors (Lipinski definition) is 3. The maximum Gasteiger partial charge on any atom is 0.144 e. The van der Waals surface area contributed by atoms with Gasteiger partial charge in [-0.25, -0.2) is 0 Å². The molecule has 0 saturated carbocycles. The number of fused-ring (bicyclic) bond motifs is 2. The van der Waals surface area contributed by atoms with Crippen LogP contribution in [0, 0.1) is 12.8 Å². The molecule has 1 atom stereocenters. The molecule has 1 aromatic carbocycles. The van der Waals surface area contributed by atoms with E-state index >= 15 is 0 Å². The second-order valence-corrected chi connectivity index (χ2v) is 8.80. The van der Waals surface area contributed by atoms with Crippen LogP contribution in [-0.2, 0) is 4.79 Å². The Morgan fingerprint density at radius 1 is 1.17 bits per heavy atom. The number of aromatic nitrogens is 3. The van der Waals surface area contributed by atoms with Crippen LogP contribution in [0.3, 0.4) is 0 Å². The molecule has 0 spiro atoms. The highest BCUT2D eigenvalue weighted by Gasteiger charge is 2.33. The molecule has 150 valence electrons. The van der Waals surface area contributed by atoms with Crippen LogP contribution in [0.1, 0.15) is 63.7 Å². The van der Waals surface area contributed by atoms with Crippen molar-refractivity contribution in [3.8, 4) is 0 Å². The summed E-state index contributed by atoms with van der Waals surface area (Å²) in [6.07, 6.45) is 3.51. The monoisotopic (exact) mass is 407 g/mol. The molecule has 0 unspecified atom stereocenters. The zero-order valence-corrected chi connectivity index (χ0v) is 18.3. The Morgan fingerprint density at radius 2 is 1.86 bits per heavy atom. The highest BCUT2D eigenvalue weighted by molar-refractivity contribution is 6.30. The molecule has 4 nitrogen and oxygen atoms in total. The van der Waals surface area contributed by atoms with E-state index in [1.165, 1.54) is 22.4 Å². The predicted molar refractivity (Wildman–Crippen MR) is 118 cm³/mol. The van der Waals surface area contributed by atoms with Crippen molar-refractivity contribution in [2.24, 2.45) is 5.92 Å². The maximum absolute atomic E-state index is 12.7. The first-order valence-electron chi connectivity index (χ1n) is 10.1. The van der Waals surface area contributed by atoms with Gasteiger partial charge in [-0.2, -0.15) is 0 Å². The minimum atomic E-state index is -0.115. The third kappa shape index (κ3) is 3.40. The second-order valence-electron chi connectivity index (χ2n) is 8.36. The van der Waals surface area contributed by atoms with Crippen LogP contribution in [-0.4, -0.2) is 20.5 Å². The summed E-state index contributed by atoms with van der Waals surface area (Å²) in [4.78, 5) is 12.7. The molecule has 1 aliphatic carbocycles. The molecule has 2 heterocycles. The average Bonchev–Trinajstić information content (AvgIpc) is 3.15. The van der Waals surface area contributed by atoms with Gasteiger partial charge in [0.2, 0.25) is 0 Å². The molecule has 1 aliphatic heterocycles. The number of nitrogens with zero attached hydrogens (tertiary/aromatic N) is 3. The van der Waals surface area contributed by atoms with E-state index in [-0.39, 0.29) is 17.6 Å². The SMILES string of the molecule is CC1=C(C)C2=C(C1)n1c(C)nnc1[C@H](CC(=O)C(C)C)C=C2c1ccc(Cl)cc1. The van der Waals surface area contributed by atoms with Crippen LogP contribution in [0.15, 0.2) is 47.1 Å². The van der Waals surface area contributed by atoms with Crippen LogP contribution in [0.25, 0.3) is 11.3 Å². The fourth-order valence-electron chi connectivity index (χ4n) is 4.23. The van der Waals surface area contributed by atoms with Crippen LogP contribution in [0.2, 0.25) is 5.02 Å². The lowest BCUT2D eigenvalue weighted by molar-refractivity contribution is -0.122. The number of rotatable bonds is 4. The van der Waals surface area contributed by atoms with Gasteiger partial charge in [0.05, 0.1) is 0 Å². The number of aryl methyl sites for hydroxylation is 1. The van der Waals surface area contributed by atoms with E-state index in [2.05, 4.69) is 46.8 Å². The van der Waals surface area contributed by atoms with Gasteiger partial charge < -0.3 is 0 Å². The highest BCUT2D eigenvalue weighted by Crippen LogP contribution is 2.47. The summed E-state index contributed by atoms with van der Waals surface area (Å²) in [6, 6.07) is 7.95. The Morgan fingerprint density at radius 3 is 2.52 bits per heavy atom. The number of carbonyl (C=O) groups excluding carboxylic acids is 1. The first-order valence-corrected chi connectivity index (χ1v) is 10.5. The predicted octanol–water partition coefficient (Wildman–Crippen LogP) is 5.99. The van der Waals surface area contributed by atoms with Crippen molar-refractivity contribution in [2.75, 3.05) is 0 Å². The first-order chi connectivity index (χ1) is 13.8. The Kier molecular flexibility index (Phi) is 5.07. The van der Waals surface area contributed by atoms with Crippen molar-refractivity contribution < 1.29 is 4.79 Å². The molecule has 0 radical (unpaired) electrons. The number of benzene rings is 1. The smallest absolute Gasteiger partial charge is 0.144 e. The van der Waals surface area contributed by atoms with E-state index < -0.39 is 0 Å². The number of carbonyl (C=O) groups is 1. The summed E-state index contributed by atoms with van der Waals surface area (Å²) in [5, 5.41) is 9.58. The maximum atomic E-state index is 12.7. The van der Waals surface area contributed by atoms with Gasteiger partial charge in [-0.05, 0) is 49.6 Å². The molecule has 4 rings (SSSR count). The van der Waals surface area contributed by atoms with Crippen molar-refractivity contribution in [1.82, 2.24) is 14.8 Å². The summed E-state index contributed by atoms with van der Waals surface area (Å²) in [5.41, 5.74) is 7.33. The molecule has 0 amide bonds. The normalized spacial score (nSPS) is 18.7. The molecule has 5 heteroatoms. The lowest BCUT2D eigenvalue weighted by Gasteiger charge is -2.15. The number of halogens is 1. The fourth-order valence-corrected chi connectivity index (χ4v) is 4.36. The van der Waals surface area contributed by atoms with Gasteiger partial charge in [0.15, 0.2) is 0 Å². The van der Waals surface area contributed by atoms with Gasteiger partial charge in [0.1, 0.15) is 17.4 Å². The van der Waals surface area contributed by atoms with Gasteiger partial charge >= 0.3 is 0 Å². The van der Waals surface area contributed by atoms with Gasteiger partial charge in [-0.15, -0.1) is 10.2 Å². The van der Waals surface area contributed by atoms with Crippen molar-refractivity contribution in [1.29, 1.82) is 0 Å². The third-order valence-corrected chi connectivity index (χ3v) is 6.30. The summed E-state index contributed by atoms with van der Waals surface area (Å²) >= 11 is 6.15. The molecular weight excluding hydrogens is 382 g/mol. The lowest BCUT2D eigenvalue weighted by Crippen LogP contribution is -2.14. The summed E-state index contributed by atoms with van der Waals surface area (Å²) in [7, 11) is 0. The van der Waals surface area contributed by atoms with Crippen LogP contribution in [0.4, 0.5) is 0 Å². The number of hydrogen-bond donors (Lipinski definition) is 0. The average molecular weight is 408 g/mol. The lowest BCUT2D eigenvalue weighted by atomic mass is 9.88. The van der Waals surface area contributed by atoms with Crippen LogP contribution in [0.5, 0.6) is 0 Å². The quantitative estimate of drug-likeness (QED) is 0.625. The van der Waals surface area contributed by atoms with Crippen LogP contribution < -0.4 is 0 Å². The molecule has 2 aliphatic rings. The largest absolute Gasteiger partial charge is 0.299 e. The molecule has 0 saturated heterocycles. The highest BCUT2D eigenvalue weighted by atomic mass is 35.5. The molecule has 29 heavy (non-hydrogen) atoms. The van der Waals surface area contributed by atoms with Gasteiger partial charge in [-0.3, -0.25) is 9.36 Å². The first kappa shape index (κ1) is 19.8. The van der Waals surface area contributed by atoms with Crippen molar-refractivity contribution in [2.45, 2.75) is 53.4 Å². The van der Waals surface area contributed by atoms with E-state index in [0.29, 0.717) is 11.4 Å². The Balaban J connectivity index is 1.95. The van der Waals surface area contributed by atoms with E-state index in [0.717, 1.165) is 29.2 Å². The number of Topliss-reactive ketones (excluding diaryl/α,β-unsaturated/α-hetero) is 1. The van der Waals surface area contributed by atoms with E-state index in [9.17, 15) is 4.79 Å². The van der Waals surface area contributed by atoms with E-state index in [4.69, 9.17) is 11.6 Å². The molecule has 2 aromatic rings. The molecule has 0 bridgehead atoms. The van der Waals surface area contributed by atoms with Gasteiger partial charge in [0.25, 0.3) is 0 Å². The zero-order chi connectivity index (χ0) is 20.9. The summed E-state index contributed by atoms with van der Waals surface area (Å²) < 4.78 is 2.17. The minimum Gasteiger partial charge on any atom is -0.299 e. The molecule has 0 N–H and O–H groups in total. The third-order valence-electron chi connectivity index (χ3n) is 6.05. The topological polar surface area (TPSA) is 47.8 Å². The molecular formula is C24H26ClN3O. The molecule has 1 aromatic heterocycles. The van der Waals surface area contributed by atoms with Crippen LogP contribution >= 0.6 is 11.6 Å². The Bertz CT molecular complexity index is 1080. The number of allylic oxidation sites excluding steroid dienone is 6. The Hall–Kier alpha value is -2.46. The fraction of sp³-hybridized carbons (Fsp3) is 0.375. The zero-order valence-electron chi connectivity index (χ0n) is 17.6. The van der Waals surface area contributed by atoms with Gasteiger partial charge in [-0.1, -0.05) is 49.2 Å². The second kappa shape index (κ2) is 7.42. The summed E-state index contributed by atoms with van der Waals surface area (Å²) in [5.74, 6) is 1.83. The van der Waals surface area contributed by atoms with E-state index in [1.807, 2.05) is 32.9 Å². The minimum absolute atomic E-state index is 0.00761. The van der Waals surface area contributed by atoms with E-state index in [1.54, 1.807) is 0 Å². The summed E-state index contributed by atoms with van der Waals surface area (Å²) in [6.45, 7) is 10.3. The van der Waals surface area contributed by atoms with Crippen molar-refractivity contribution in [3.05, 3.63) is 69.3 Å². The Labute approximate surface area is 177 Å². The van der Waals surface area contributed by atoms with Crippen molar-refractivity contribution in [3.63, 3.8) is 0 Å². The molecule has 0 fully saturated rings. The standard InChI is InChI=1S/C24H26ClN3O/c1-13(2)22(29)12-18-11-20(17-6-8-19(25)9-7-17)23-15(4)14(3)10-21(23)28-16(5)26-27-24(18)28/h6-9,11,13,18H,10,12H2,1-5H3/t18-/m0/s1. The van der Waals surface area contributed by atoms with Crippen molar-refractivity contribution >= 4 is 28.7 Å². The van der Waals surface area contributed by atoms with Gasteiger partial charge in [0, 0.05) is 41.0 Å². The number of ketones is 1.